The fourth-order valence-corrected chi connectivity index (χ4v) is 4.69. The zero-order valence-electron chi connectivity index (χ0n) is 16.9. The largest absolute Gasteiger partial charge is 0.372 e. The summed E-state index contributed by atoms with van der Waals surface area (Å²) in [5.74, 6) is 0.974. The van der Waals surface area contributed by atoms with Crippen LogP contribution >= 0.6 is 11.8 Å². The second-order valence-corrected chi connectivity index (χ2v) is 8.02. The Hall–Kier alpha value is -2.73. The lowest BCUT2D eigenvalue weighted by atomic mass is 10.1. The van der Waals surface area contributed by atoms with Gasteiger partial charge in [-0.05, 0) is 38.1 Å². The van der Waals surface area contributed by atoms with Crippen molar-refractivity contribution in [3.05, 3.63) is 65.9 Å². The number of thioether (sulfide) groups is 1. The first kappa shape index (κ1) is 19.6. The number of carbonyl (C=O) groups excluding carboxylic acids is 1. The van der Waals surface area contributed by atoms with Crippen molar-refractivity contribution in [3.63, 3.8) is 0 Å². The number of hydrogen-bond acceptors (Lipinski definition) is 4. The molecule has 150 valence electrons. The van der Waals surface area contributed by atoms with Gasteiger partial charge in [-0.25, -0.2) is 4.98 Å². The molecule has 29 heavy (non-hydrogen) atoms. The van der Waals surface area contributed by atoms with E-state index in [2.05, 4.69) is 40.8 Å². The first-order valence-corrected chi connectivity index (χ1v) is 11.1. The topological polar surface area (TPSA) is 50.2 Å². The van der Waals surface area contributed by atoms with E-state index in [4.69, 9.17) is 4.98 Å². The summed E-state index contributed by atoms with van der Waals surface area (Å²) in [4.78, 5) is 19.8. The molecule has 1 aliphatic rings. The van der Waals surface area contributed by atoms with E-state index in [-0.39, 0.29) is 5.91 Å². The molecule has 0 radical (unpaired) electrons. The Bertz CT molecular complexity index is 978. The van der Waals surface area contributed by atoms with Crippen LogP contribution < -0.4 is 10.2 Å². The molecule has 0 aliphatic carbocycles. The van der Waals surface area contributed by atoms with E-state index in [0.29, 0.717) is 12.1 Å². The summed E-state index contributed by atoms with van der Waals surface area (Å²) < 4.78 is 2.23. The summed E-state index contributed by atoms with van der Waals surface area (Å²) >= 11 is 1.77. The van der Waals surface area contributed by atoms with Crippen molar-refractivity contribution >= 4 is 23.4 Å². The summed E-state index contributed by atoms with van der Waals surface area (Å²) in [5, 5.41) is 4.13. The fraction of sp³-hybridized carbons (Fsp3) is 0.304. The maximum Gasteiger partial charge on any atom is 0.251 e. The van der Waals surface area contributed by atoms with Crippen LogP contribution in [0, 0.1) is 0 Å². The van der Waals surface area contributed by atoms with Gasteiger partial charge in [0.05, 0.1) is 17.9 Å². The molecular formula is C23H26N4OS. The average molecular weight is 407 g/mol. The van der Waals surface area contributed by atoms with Crippen molar-refractivity contribution in [2.45, 2.75) is 32.1 Å². The molecule has 2 aromatic carbocycles. The van der Waals surface area contributed by atoms with Gasteiger partial charge in [0.2, 0.25) is 0 Å². The average Bonchev–Trinajstić information content (AvgIpc) is 3.36. The molecule has 0 fully saturated rings. The third-order valence-electron chi connectivity index (χ3n) is 5.31. The molecule has 0 unspecified atom stereocenters. The molecule has 1 aliphatic heterocycles. The summed E-state index contributed by atoms with van der Waals surface area (Å²) in [6, 6.07) is 18.0. The Morgan fingerprint density at radius 3 is 2.52 bits per heavy atom. The molecule has 0 saturated heterocycles. The number of carbonyl (C=O) groups is 1. The zero-order valence-corrected chi connectivity index (χ0v) is 17.7. The van der Waals surface area contributed by atoms with Gasteiger partial charge in [-0.1, -0.05) is 42.1 Å². The monoisotopic (exact) mass is 406 g/mol. The Morgan fingerprint density at radius 2 is 1.83 bits per heavy atom. The highest BCUT2D eigenvalue weighted by Crippen LogP contribution is 2.33. The number of rotatable bonds is 7. The summed E-state index contributed by atoms with van der Waals surface area (Å²) in [7, 11) is 0. The standard InChI is InChI=1S/C23H26N4OS/c1-3-26(4-2)19-12-10-18(11-13-19)22(28)24-16-20-21(17-8-6-5-7-9-17)25-23-27(20)14-15-29-23/h5-13H,3-4,14-16H2,1-2H3,(H,24,28). The normalized spacial score (nSPS) is 12.6. The molecule has 0 atom stereocenters. The lowest BCUT2D eigenvalue weighted by Crippen LogP contribution is -2.25. The lowest BCUT2D eigenvalue weighted by Gasteiger charge is -2.21. The van der Waals surface area contributed by atoms with Crippen molar-refractivity contribution in [2.24, 2.45) is 0 Å². The Morgan fingerprint density at radius 1 is 1.10 bits per heavy atom. The molecule has 1 amide bonds. The van der Waals surface area contributed by atoms with Crippen molar-refractivity contribution in [1.82, 2.24) is 14.9 Å². The number of imidazole rings is 1. The first-order valence-electron chi connectivity index (χ1n) is 10.1. The quantitative estimate of drug-likeness (QED) is 0.631. The third-order valence-corrected chi connectivity index (χ3v) is 6.26. The molecule has 3 aromatic rings. The molecule has 1 N–H and O–H groups in total. The summed E-state index contributed by atoms with van der Waals surface area (Å²) in [5.41, 5.74) is 4.94. The van der Waals surface area contributed by atoms with Crippen LogP contribution in [0.25, 0.3) is 11.3 Å². The summed E-state index contributed by atoms with van der Waals surface area (Å²) in [6.45, 7) is 7.58. The van der Waals surface area contributed by atoms with Crippen LogP contribution in [0.5, 0.6) is 0 Å². The first-order chi connectivity index (χ1) is 14.2. The van der Waals surface area contributed by atoms with Crippen LogP contribution in [0.3, 0.4) is 0 Å². The number of hydrogen-bond donors (Lipinski definition) is 1. The van der Waals surface area contributed by atoms with Gasteiger partial charge in [0, 0.05) is 42.2 Å². The number of anilines is 1. The van der Waals surface area contributed by atoms with Gasteiger partial charge in [0.15, 0.2) is 5.16 Å². The predicted molar refractivity (Wildman–Crippen MR) is 120 cm³/mol. The third kappa shape index (κ3) is 4.03. The second kappa shape index (κ2) is 8.74. The van der Waals surface area contributed by atoms with Gasteiger partial charge < -0.3 is 14.8 Å². The lowest BCUT2D eigenvalue weighted by molar-refractivity contribution is 0.0950. The van der Waals surface area contributed by atoms with E-state index in [1.165, 1.54) is 0 Å². The number of fused-ring (bicyclic) bond motifs is 1. The van der Waals surface area contributed by atoms with Crippen molar-refractivity contribution in [2.75, 3.05) is 23.7 Å². The number of benzene rings is 2. The Balaban J connectivity index is 1.51. The second-order valence-electron chi connectivity index (χ2n) is 6.96. The fourth-order valence-electron chi connectivity index (χ4n) is 3.72. The van der Waals surface area contributed by atoms with E-state index in [0.717, 1.165) is 53.2 Å². The van der Waals surface area contributed by atoms with Crippen LogP contribution in [0.15, 0.2) is 59.8 Å². The van der Waals surface area contributed by atoms with Crippen LogP contribution in [0.4, 0.5) is 5.69 Å². The van der Waals surface area contributed by atoms with Crippen molar-refractivity contribution in [3.8, 4) is 11.3 Å². The van der Waals surface area contributed by atoms with Crippen LogP contribution in [0.1, 0.15) is 29.9 Å². The van der Waals surface area contributed by atoms with E-state index in [9.17, 15) is 4.79 Å². The molecule has 0 spiro atoms. The van der Waals surface area contributed by atoms with E-state index >= 15 is 0 Å². The highest BCUT2D eigenvalue weighted by molar-refractivity contribution is 7.99. The molecule has 0 bridgehead atoms. The van der Waals surface area contributed by atoms with Crippen LogP contribution in [0.2, 0.25) is 0 Å². The molecule has 4 rings (SSSR count). The minimum absolute atomic E-state index is 0.0590. The van der Waals surface area contributed by atoms with Crippen LogP contribution in [-0.2, 0) is 13.1 Å². The molecule has 0 saturated carbocycles. The molecule has 2 heterocycles. The van der Waals surface area contributed by atoms with Gasteiger partial charge in [0.25, 0.3) is 5.91 Å². The van der Waals surface area contributed by atoms with Gasteiger partial charge in [-0.3, -0.25) is 4.79 Å². The van der Waals surface area contributed by atoms with Gasteiger partial charge in [-0.2, -0.15) is 0 Å². The van der Waals surface area contributed by atoms with Gasteiger partial charge in [-0.15, -0.1) is 0 Å². The predicted octanol–water partition coefficient (Wildman–Crippen LogP) is 4.43. The van der Waals surface area contributed by atoms with Crippen molar-refractivity contribution in [1.29, 1.82) is 0 Å². The van der Waals surface area contributed by atoms with E-state index < -0.39 is 0 Å². The van der Waals surface area contributed by atoms with Gasteiger partial charge in [0.1, 0.15) is 0 Å². The Kier molecular flexibility index (Phi) is 5.90. The van der Waals surface area contributed by atoms with Crippen molar-refractivity contribution < 1.29 is 4.79 Å². The Labute approximate surface area is 176 Å². The smallest absolute Gasteiger partial charge is 0.251 e. The molecule has 5 nitrogen and oxygen atoms in total. The highest BCUT2D eigenvalue weighted by atomic mass is 32.2. The molecule has 6 heteroatoms. The van der Waals surface area contributed by atoms with E-state index in [1.54, 1.807) is 11.8 Å². The summed E-state index contributed by atoms with van der Waals surface area (Å²) in [6.07, 6.45) is 0. The number of amides is 1. The number of nitrogens with zero attached hydrogens (tertiary/aromatic N) is 3. The van der Waals surface area contributed by atoms with Gasteiger partial charge >= 0.3 is 0 Å². The SMILES string of the molecule is CCN(CC)c1ccc(C(=O)NCc2c(-c3ccccc3)nc3n2CCS3)cc1. The highest BCUT2D eigenvalue weighted by Gasteiger charge is 2.23. The number of aromatic nitrogens is 2. The van der Waals surface area contributed by atoms with E-state index in [1.807, 2.05) is 42.5 Å². The minimum Gasteiger partial charge on any atom is -0.372 e. The maximum atomic E-state index is 12.7. The maximum absolute atomic E-state index is 12.7. The molecular weight excluding hydrogens is 380 g/mol. The minimum atomic E-state index is -0.0590. The van der Waals surface area contributed by atoms with Crippen LogP contribution in [-0.4, -0.2) is 34.3 Å². The molecule has 1 aromatic heterocycles. The number of nitrogens with one attached hydrogen (secondary N) is 1. The zero-order chi connectivity index (χ0) is 20.2.